The molecule has 0 radical (unpaired) electrons. The fourth-order valence-corrected chi connectivity index (χ4v) is 1.32. The molecule has 0 aromatic heterocycles. The Labute approximate surface area is 94.8 Å². The fraction of sp³-hybridized carbons (Fsp3) is 0.800. The van der Waals surface area contributed by atoms with Crippen LogP contribution in [0.25, 0.3) is 0 Å². The normalized spacial score (nSPS) is 12.7. The van der Waals surface area contributed by atoms with E-state index in [0.29, 0.717) is 19.6 Å². The highest BCUT2D eigenvalue weighted by atomic mass is 16.5. The summed E-state index contributed by atoms with van der Waals surface area (Å²) in [6.45, 7) is 2.73. The van der Waals surface area contributed by atoms with Crippen LogP contribution in [0.1, 0.15) is 13.3 Å². The predicted octanol–water partition coefficient (Wildman–Crippen LogP) is 0.130. The van der Waals surface area contributed by atoms with E-state index in [9.17, 15) is 9.59 Å². The van der Waals surface area contributed by atoms with Crippen LogP contribution >= 0.6 is 0 Å². The molecule has 1 atom stereocenters. The highest BCUT2D eigenvalue weighted by Gasteiger charge is 2.17. The monoisotopic (exact) mass is 233 g/mol. The van der Waals surface area contributed by atoms with Gasteiger partial charge in [-0.3, -0.25) is 14.5 Å². The summed E-state index contributed by atoms with van der Waals surface area (Å²) in [6, 6.07) is 0. The van der Waals surface area contributed by atoms with Gasteiger partial charge in [0.2, 0.25) is 0 Å². The largest absolute Gasteiger partial charge is 0.481 e. The van der Waals surface area contributed by atoms with Gasteiger partial charge in [0.1, 0.15) is 0 Å². The van der Waals surface area contributed by atoms with Crippen LogP contribution < -0.4 is 0 Å². The van der Waals surface area contributed by atoms with Gasteiger partial charge in [-0.05, 0) is 6.42 Å². The maximum atomic E-state index is 10.7. The van der Waals surface area contributed by atoms with Crippen molar-refractivity contribution in [1.29, 1.82) is 0 Å². The average Bonchev–Trinajstić information content (AvgIpc) is 2.16. The molecule has 0 aliphatic rings. The second-order valence-electron chi connectivity index (χ2n) is 3.71. The summed E-state index contributed by atoms with van der Waals surface area (Å²) in [7, 11) is 1.57. The van der Waals surface area contributed by atoms with Crippen molar-refractivity contribution in [3.63, 3.8) is 0 Å². The van der Waals surface area contributed by atoms with Crippen LogP contribution in [-0.4, -0.2) is 60.4 Å². The van der Waals surface area contributed by atoms with Crippen molar-refractivity contribution >= 4 is 11.9 Å². The lowest BCUT2D eigenvalue weighted by atomic mass is 10.1. The number of carbonyl (C=O) groups is 2. The SMILES string of the molecule is COCCCN(CC(=O)O)CC(C)C(=O)O. The third kappa shape index (κ3) is 7.19. The summed E-state index contributed by atoms with van der Waals surface area (Å²) in [6.07, 6.45) is 0.691. The predicted molar refractivity (Wildman–Crippen MR) is 57.4 cm³/mol. The molecular weight excluding hydrogens is 214 g/mol. The summed E-state index contributed by atoms with van der Waals surface area (Å²) < 4.78 is 4.86. The van der Waals surface area contributed by atoms with Gasteiger partial charge >= 0.3 is 11.9 Å². The standard InChI is InChI=1S/C10H19NO5/c1-8(10(14)15)6-11(7-9(12)13)4-3-5-16-2/h8H,3-7H2,1-2H3,(H,12,13)(H,14,15). The molecule has 0 aliphatic carbocycles. The lowest BCUT2D eigenvalue weighted by molar-refractivity contribution is -0.144. The Morgan fingerprint density at radius 2 is 2.00 bits per heavy atom. The van der Waals surface area contributed by atoms with E-state index < -0.39 is 17.9 Å². The molecule has 0 bridgehead atoms. The number of rotatable bonds is 9. The molecular formula is C10H19NO5. The van der Waals surface area contributed by atoms with Gasteiger partial charge in [0, 0.05) is 26.8 Å². The van der Waals surface area contributed by atoms with Gasteiger partial charge in [0.25, 0.3) is 0 Å². The minimum Gasteiger partial charge on any atom is -0.481 e. The van der Waals surface area contributed by atoms with Gasteiger partial charge in [-0.1, -0.05) is 6.92 Å². The fourth-order valence-electron chi connectivity index (χ4n) is 1.32. The molecule has 0 aliphatic heterocycles. The Morgan fingerprint density at radius 3 is 2.44 bits per heavy atom. The van der Waals surface area contributed by atoms with Crippen LogP contribution in [0.2, 0.25) is 0 Å². The zero-order valence-corrected chi connectivity index (χ0v) is 9.68. The smallest absolute Gasteiger partial charge is 0.317 e. The number of carboxylic acid groups (broad SMARTS) is 2. The molecule has 16 heavy (non-hydrogen) atoms. The van der Waals surface area contributed by atoms with Crippen molar-refractivity contribution in [1.82, 2.24) is 4.90 Å². The Kier molecular flexibility index (Phi) is 7.49. The zero-order chi connectivity index (χ0) is 12.6. The highest BCUT2D eigenvalue weighted by Crippen LogP contribution is 2.01. The van der Waals surface area contributed by atoms with Crippen LogP contribution in [-0.2, 0) is 14.3 Å². The molecule has 2 N–H and O–H groups in total. The molecule has 6 heteroatoms. The molecule has 6 nitrogen and oxygen atoms in total. The van der Waals surface area contributed by atoms with Crippen LogP contribution in [0.4, 0.5) is 0 Å². The van der Waals surface area contributed by atoms with Crippen molar-refractivity contribution in [2.24, 2.45) is 5.92 Å². The summed E-state index contributed by atoms with van der Waals surface area (Å²) in [5.41, 5.74) is 0. The van der Waals surface area contributed by atoms with Crippen molar-refractivity contribution < 1.29 is 24.5 Å². The van der Waals surface area contributed by atoms with Crippen molar-refractivity contribution in [3.8, 4) is 0 Å². The molecule has 0 saturated carbocycles. The number of carboxylic acids is 2. The molecule has 0 heterocycles. The second-order valence-corrected chi connectivity index (χ2v) is 3.71. The maximum absolute atomic E-state index is 10.7. The third-order valence-electron chi connectivity index (χ3n) is 2.14. The first-order valence-corrected chi connectivity index (χ1v) is 5.13. The number of aliphatic carboxylic acids is 2. The third-order valence-corrected chi connectivity index (χ3v) is 2.14. The van der Waals surface area contributed by atoms with E-state index in [-0.39, 0.29) is 13.1 Å². The first-order chi connectivity index (χ1) is 7.47. The van der Waals surface area contributed by atoms with Crippen molar-refractivity contribution in [2.75, 3.05) is 33.4 Å². The van der Waals surface area contributed by atoms with Gasteiger partial charge in [-0.2, -0.15) is 0 Å². The molecule has 0 amide bonds. The van der Waals surface area contributed by atoms with E-state index in [0.717, 1.165) is 0 Å². The number of methoxy groups -OCH3 is 1. The topological polar surface area (TPSA) is 87.1 Å². The van der Waals surface area contributed by atoms with E-state index in [1.54, 1.807) is 18.9 Å². The molecule has 0 spiro atoms. The molecule has 0 saturated heterocycles. The van der Waals surface area contributed by atoms with Crippen LogP contribution in [0, 0.1) is 5.92 Å². The van der Waals surface area contributed by atoms with E-state index in [2.05, 4.69) is 0 Å². The van der Waals surface area contributed by atoms with Crippen LogP contribution in [0.3, 0.4) is 0 Å². The second kappa shape index (κ2) is 8.06. The lowest BCUT2D eigenvalue weighted by Gasteiger charge is -2.21. The maximum Gasteiger partial charge on any atom is 0.317 e. The van der Waals surface area contributed by atoms with Crippen molar-refractivity contribution in [2.45, 2.75) is 13.3 Å². The summed E-state index contributed by atoms with van der Waals surface area (Å²) in [5, 5.41) is 17.4. The van der Waals surface area contributed by atoms with E-state index in [1.807, 2.05) is 0 Å². The first kappa shape index (κ1) is 14.9. The first-order valence-electron chi connectivity index (χ1n) is 5.13. The number of hydrogen-bond donors (Lipinski definition) is 2. The highest BCUT2D eigenvalue weighted by molar-refractivity contribution is 5.70. The molecule has 0 aromatic carbocycles. The van der Waals surface area contributed by atoms with Crippen molar-refractivity contribution in [3.05, 3.63) is 0 Å². The van der Waals surface area contributed by atoms with Gasteiger partial charge < -0.3 is 14.9 Å². The number of ether oxygens (including phenoxy) is 1. The Hall–Kier alpha value is -1.14. The number of hydrogen-bond acceptors (Lipinski definition) is 4. The van der Waals surface area contributed by atoms with Crippen LogP contribution in [0.15, 0.2) is 0 Å². The Morgan fingerprint density at radius 1 is 1.38 bits per heavy atom. The molecule has 0 rings (SSSR count). The average molecular weight is 233 g/mol. The van der Waals surface area contributed by atoms with Gasteiger partial charge in [-0.25, -0.2) is 0 Å². The van der Waals surface area contributed by atoms with E-state index in [4.69, 9.17) is 14.9 Å². The Balaban J connectivity index is 4.08. The summed E-state index contributed by atoms with van der Waals surface area (Å²) in [5.74, 6) is -2.43. The van der Waals surface area contributed by atoms with Gasteiger partial charge in [-0.15, -0.1) is 0 Å². The quantitative estimate of drug-likeness (QED) is 0.550. The minimum atomic E-state index is -0.949. The van der Waals surface area contributed by atoms with Gasteiger partial charge in [0.05, 0.1) is 12.5 Å². The van der Waals surface area contributed by atoms with E-state index in [1.165, 1.54) is 0 Å². The Bertz CT molecular complexity index is 231. The van der Waals surface area contributed by atoms with Crippen LogP contribution in [0.5, 0.6) is 0 Å². The van der Waals surface area contributed by atoms with E-state index >= 15 is 0 Å². The van der Waals surface area contributed by atoms with Gasteiger partial charge in [0.15, 0.2) is 0 Å². The molecule has 1 unspecified atom stereocenters. The minimum absolute atomic E-state index is 0.138. The molecule has 94 valence electrons. The molecule has 0 fully saturated rings. The molecule has 0 aromatic rings. The summed E-state index contributed by atoms with van der Waals surface area (Å²) >= 11 is 0. The lowest BCUT2D eigenvalue weighted by Crippen LogP contribution is -2.36. The summed E-state index contributed by atoms with van der Waals surface area (Å²) in [4.78, 5) is 22.8. The number of nitrogens with zero attached hydrogens (tertiary/aromatic N) is 1. The zero-order valence-electron chi connectivity index (χ0n) is 9.68.